The van der Waals surface area contributed by atoms with Crippen molar-refractivity contribution in [2.24, 2.45) is 0 Å². The molecule has 0 saturated heterocycles. The Balaban J connectivity index is 1.77. The average molecular weight is 334 g/mol. The molecule has 0 saturated carbocycles. The van der Waals surface area contributed by atoms with E-state index in [1.54, 1.807) is 4.90 Å². The zero-order chi connectivity index (χ0) is 17.6. The van der Waals surface area contributed by atoms with Gasteiger partial charge in [-0.15, -0.1) is 0 Å². The second kappa shape index (κ2) is 5.70. The topological polar surface area (TPSA) is 101 Å². The van der Waals surface area contributed by atoms with Gasteiger partial charge in [0.1, 0.15) is 11.6 Å². The van der Waals surface area contributed by atoms with Gasteiger partial charge in [-0.2, -0.15) is 0 Å². The second-order valence-corrected chi connectivity index (χ2v) is 6.17. The summed E-state index contributed by atoms with van der Waals surface area (Å²) in [6, 6.07) is 9.81. The molecule has 3 heterocycles. The molecular formula is C18H18N6O. The van der Waals surface area contributed by atoms with Crippen molar-refractivity contribution in [3.05, 3.63) is 52.8 Å². The highest BCUT2D eigenvalue weighted by Crippen LogP contribution is 2.33. The number of aromatic nitrogens is 4. The first-order valence-electron chi connectivity index (χ1n) is 8.07. The molecule has 3 aromatic rings. The minimum Gasteiger partial charge on any atom is -0.383 e. The van der Waals surface area contributed by atoms with Gasteiger partial charge in [0, 0.05) is 11.3 Å². The van der Waals surface area contributed by atoms with Gasteiger partial charge in [0.25, 0.3) is 0 Å². The first-order chi connectivity index (χ1) is 12.0. The summed E-state index contributed by atoms with van der Waals surface area (Å²) >= 11 is 0. The van der Waals surface area contributed by atoms with Gasteiger partial charge in [0.2, 0.25) is 5.91 Å². The van der Waals surface area contributed by atoms with Crippen LogP contribution in [0.25, 0.3) is 11.6 Å². The lowest BCUT2D eigenvalue weighted by molar-refractivity contribution is -0.117. The molecule has 1 aromatic carbocycles. The molecule has 126 valence electrons. The first kappa shape index (κ1) is 15.3. The monoisotopic (exact) mass is 334 g/mol. The third-order valence-corrected chi connectivity index (χ3v) is 4.43. The van der Waals surface area contributed by atoms with Crippen LogP contribution < -0.4 is 10.6 Å². The quantitative estimate of drug-likeness (QED) is 0.764. The molecule has 25 heavy (non-hydrogen) atoms. The Labute approximate surface area is 144 Å². The van der Waals surface area contributed by atoms with Crippen LogP contribution in [0.4, 0.5) is 11.6 Å². The Kier molecular flexibility index (Phi) is 3.49. The maximum absolute atomic E-state index is 12.5. The largest absolute Gasteiger partial charge is 0.383 e. The number of nitrogen functional groups attached to an aromatic ring is 1. The molecule has 7 nitrogen and oxygen atoms in total. The summed E-state index contributed by atoms with van der Waals surface area (Å²) < 4.78 is 0. The number of benzene rings is 1. The van der Waals surface area contributed by atoms with Crippen molar-refractivity contribution >= 4 is 17.5 Å². The molecule has 0 aliphatic carbocycles. The van der Waals surface area contributed by atoms with Gasteiger partial charge in [-0.3, -0.25) is 9.69 Å². The van der Waals surface area contributed by atoms with E-state index >= 15 is 0 Å². The number of aromatic amines is 1. The van der Waals surface area contributed by atoms with Gasteiger partial charge >= 0.3 is 0 Å². The number of nitrogens with one attached hydrogen (secondary N) is 1. The minimum absolute atomic E-state index is 0.0243. The van der Waals surface area contributed by atoms with Crippen LogP contribution >= 0.6 is 0 Å². The predicted molar refractivity (Wildman–Crippen MR) is 94.8 cm³/mol. The second-order valence-electron chi connectivity index (χ2n) is 6.17. The molecule has 3 N–H and O–H groups in total. The minimum atomic E-state index is -0.0243. The number of fused-ring (bicyclic) bond motifs is 1. The van der Waals surface area contributed by atoms with Gasteiger partial charge in [0.15, 0.2) is 11.6 Å². The molecule has 4 rings (SSSR count). The van der Waals surface area contributed by atoms with Gasteiger partial charge < -0.3 is 10.7 Å². The lowest BCUT2D eigenvalue weighted by Gasteiger charge is -2.17. The Morgan fingerprint density at radius 2 is 1.92 bits per heavy atom. The number of carbonyl (C=O) groups excluding carboxylic acids is 1. The number of nitrogens with two attached hydrogens (primary N) is 1. The number of aryl methyl sites for hydroxylation is 2. The van der Waals surface area contributed by atoms with Crippen molar-refractivity contribution < 1.29 is 4.79 Å². The van der Waals surface area contributed by atoms with E-state index in [-0.39, 0.29) is 12.3 Å². The number of anilines is 2. The molecule has 0 spiro atoms. The summed E-state index contributed by atoms with van der Waals surface area (Å²) in [7, 11) is 0. The van der Waals surface area contributed by atoms with E-state index in [1.807, 2.05) is 44.2 Å². The number of imidazole rings is 1. The first-order valence-corrected chi connectivity index (χ1v) is 8.07. The number of hydrogen-bond acceptors (Lipinski definition) is 5. The molecule has 0 radical (unpaired) electrons. The van der Waals surface area contributed by atoms with Crippen molar-refractivity contribution in [1.82, 2.24) is 19.9 Å². The van der Waals surface area contributed by atoms with Gasteiger partial charge in [0.05, 0.1) is 18.7 Å². The third kappa shape index (κ3) is 2.63. The number of hydrogen-bond donors (Lipinski definition) is 2. The number of carbonyl (C=O) groups is 1. The predicted octanol–water partition coefficient (Wildman–Crippen LogP) is 2.16. The molecule has 0 bridgehead atoms. The van der Waals surface area contributed by atoms with Crippen LogP contribution in [0.15, 0.2) is 30.3 Å². The fraction of sp³-hybridized carbons (Fsp3) is 0.222. The summed E-state index contributed by atoms with van der Waals surface area (Å²) in [6.45, 7) is 4.31. The summed E-state index contributed by atoms with van der Waals surface area (Å²) in [5, 5.41) is 0. The lowest BCUT2D eigenvalue weighted by Crippen LogP contribution is -2.26. The highest BCUT2D eigenvalue weighted by molar-refractivity contribution is 6.01. The van der Waals surface area contributed by atoms with Crippen molar-refractivity contribution in [2.75, 3.05) is 10.6 Å². The SMILES string of the molecule is Cc1nc(-c2nc(N)c3c(n2)N(Cc2ccccc2)C(=O)C3)[nH]c1C. The van der Waals surface area contributed by atoms with Gasteiger partial charge in [-0.05, 0) is 19.4 Å². The van der Waals surface area contributed by atoms with Crippen molar-refractivity contribution in [3.8, 4) is 11.6 Å². The van der Waals surface area contributed by atoms with Crippen molar-refractivity contribution in [2.45, 2.75) is 26.8 Å². The number of rotatable bonds is 3. The maximum atomic E-state index is 12.5. The summed E-state index contributed by atoms with van der Waals surface area (Å²) in [5.74, 6) is 1.84. The molecule has 7 heteroatoms. The van der Waals surface area contributed by atoms with Crippen molar-refractivity contribution in [1.29, 1.82) is 0 Å². The Bertz CT molecular complexity index is 944. The summed E-state index contributed by atoms with van der Waals surface area (Å²) in [4.78, 5) is 30.7. The van der Waals surface area contributed by atoms with E-state index in [0.29, 0.717) is 35.4 Å². The molecule has 2 aromatic heterocycles. The van der Waals surface area contributed by atoms with Crippen LogP contribution in [-0.2, 0) is 17.8 Å². The smallest absolute Gasteiger partial charge is 0.233 e. The van der Waals surface area contributed by atoms with E-state index in [1.165, 1.54) is 0 Å². The molecule has 0 atom stereocenters. The summed E-state index contributed by atoms with van der Waals surface area (Å²) in [6.07, 6.45) is 0.227. The molecule has 1 aliphatic heterocycles. The van der Waals surface area contributed by atoms with Crippen LogP contribution in [0.2, 0.25) is 0 Å². The molecule has 1 aliphatic rings. The van der Waals surface area contributed by atoms with E-state index in [2.05, 4.69) is 19.9 Å². The lowest BCUT2D eigenvalue weighted by atomic mass is 10.2. The molecule has 1 amide bonds. The number of nitrogens with zero attached hydrogens (tertiary/aromatic N) is 4. The highest BCUT2D eigenvalue weighted by atomic mass is 16.2. The zero-order valence-electron chi connectivity index (χ0n) is 14.1. The van der Waals surface area contributed by atoms with E-state index in [4.69, 9.17) is 5.73 Å². The third-order valence-electron chi connectivity index (χ3n) is 4.43. The van der Waals surface area contributed by atoms with Crippen LogP contribution in [0.5, 0.6) is 0 Å². The zero-order valence-corrected chi connectivity index (χ0v) is 14.1. The van der Waals surface area contributed by atoms with Crippen molar-refractivity contribution in [3.63, 3.8) is 0 Å². The normalized spacial score (nSPS) is 13.4. The van der Waals surface area contributed by atoms with Crippen LogP contribution in [0, 0.1) is 13.8 Å². The molecule has 0 fully saturated rings. The highest BCUT2D eigenvalue weighted by Gasteiger charge is 2.32. The number of H-pyrrole nitrogens is 1. The van der Waals surface area contributed by atoms with E-state index in [9.17, 15) is 4.79 Å². The fourth-order valence-electron chi connectivity index (χ4n) is 2.93. The Morgan fingerprint density at radius 3 is 2.60 bits per heavy atom. The molecular weight excluding hydrogens is 316 g/mol. The van der Waals surface area contributed by atoms with Crippen LogP contribution in [-0.4, -0.2) is 25.8 Å². The van der Waals surface area contributed by atoms with Crippen LogP contribution in [0.3, 0.4) is 0 Å². The Hall–Kier alpha value is -3.22. The fourth-order valence-corrected chi connectivity index (χ4v) is 2.93. The molecule has 0 unspecified atom stereocenters. The maximum Gasteiger partial charge on any atom is 0.233 e. The van der Waals surface area contributed by atoms with Gasteiger partial charge in [-0.1, -0.05) is 30.3 Å². The van der Waals surface area contributed by atoms with E-state index < -0.39 is 0 Å². The van der Waals surface area contributed by atoms with Crippen LogP contribution in [0.1, 0.15) is 22.5 Å². The van der Waals surface area contributed by atoms with Gasteiger partial charge in [-0.25, -0.2) is 15.0 Å². The summed E-state index contributed by atoms with van der Waals surface area (Å²) in [5.41, 5.74) is 9.66. The number of amides is 1. The average Bonchev–Trinajstić information content (AvgIpc) is 3.10. The van der Waals surface area contributed by atoms with E-state index in [0.717, 1.165) is 17.0 Å². The standard InChI is InChI=1S/C18H18N6O/c1-10-11(2)21-16(20-10)17-22-15(19)13-8-14(25)24(18(13)23-17)9-12-6-4-3-5-7-12/h3-7H,8-9H2,1-2H3,(H,20,21)(H2,19,22,23). The Morgan fingerprint density at radius 1 is 1.16 bits per heavy atom.